The molecule has 1 unspecified atom stereocenters. The number of anilines is 1. The second kappa shape index (κ2) is 7.55. The number of nitrogens with zero attached hydrogens (tertiary/aromatic N) is 2. The van der Waals surface area contributed by atoms with E-state index in [1.807, 2.05) is 6.92 Å². The molecular formula is C19H12F4N2O3S2. The molecule has 1 aliphatic rings. The normalized spacial score (nSPS) is 16.2. The Balaban J connectivity index is 1.78. The number of fused-ring (bicyclic) bond motifs is 2. The van der Waals surface area contributed by atoms with E-state index >= 15 is 0 Å². The maximum Gasteiger partial charge on any atom is 0.305 e. The number of carboxylic acid groups (broad SMARTS) is 1. The maximum absolute atomic E-state index is 14.0. The van der Waals surface area contributed by atoms with Crippen LogP contribution in [0.25, 0.3) is 10.2 Å². The molecule has 4 rings (SSSR count). The van der Waals surface area contributed by atoms with Crippen LogP contribution in [0.5, 0.6) is 0 Å². The molecule has 0 aliphatic carbocycles. The molecule has 0 radical (unpaired) electrons. The second-order valence-corrected chi connectivity index (χ2v) is 8.97. The first-order chi connectivity index (χ1) is 14.2. The molecule has 1 amide bonds. The van der Waals surface area contributed by atoms with Gasteiger partial charge in [0.2, 0.25) is 5.91 Å². The van der Waals surface area contributed by atoms with Gasteiger partial charge in [0.1, 0.15) is 10.5 Å². The minimum atomic E-state index is -1.95. The molecule has 1 atom stereocenters. The maximum atomic E-state index is 14.0. The Morgan fingerprint density at radius 3 is 2.57 bits per heavy atom. The highest BCUT2D eigenvalue weighted by Gasteiger charge is 2.36. The molecule has 0 fully saturated rings. The summed E-state index contributed by atoms with van der Waals surface area (Å²) in [6.07, 6.45) is -0.410. The summed E-state index contributed by atoms with van der Waals surface area (Å²) in [5.74, 6) is -8.68. The Hall–Kier alpha value is -2.66. The number of amides is 1. The monoisotopic (exact) mass is 456 g/mol. The SMILES string of the molecule is Cc1ccc2c(c1)SC(CC(=O)O)C(=O)N2Cc1nc2c(F)c(F)c(F)c(F)c2s1. The van der Waals surface area contributed by atoms with Crippen molar-refractivity contribution in [2.24, 2.45) is 0 Å². The highest BCUT2D eigenvalue weighted by atomic mass is 32.2. The van der Waals surface area contributed by atoms with Gasteiger partial charge in [0.05, 0.1) is 28.6 Å². The van der Waals surface area contributed by atoms with Crippen LogP contribution < -0.4 is 4.90 Å². The Bertz CT molecular complexity index is 1170. The fourth-order valence-electron chi connectivity index (χ4n) is 3.15. The predicted octanol–water partition coefficient (Wildman–Crippen LogP) is 4.64. The molecule has 2 heterocycles. The number of hydrogen-bond acceptors (Lipinski definition) is 5. The van der Waals surface area contributed by atoms with E-state index in [0.29, 0.717) is 21.9 Å². The van der Waals surface area contributed by atoms with Gasteiger partial charge in [-0.2, -0.15) is 0 Å². The molecule has 0 saturated heterocycles. The van der Waals surface area contributed by atoms with E-state index in [0.717, 1.165) is 17.3 Å². The number of aryl methyl sites for hydroxylation is 1. The molecule has 2 aromatic carbocycles. The fraction of sp³-hybridized carbons (Fsp3) is 0.211. The largest absolute Gasteiger partial charge is 0.481 e. The van der Waals surface area contributed by atoms with Gasteiger partial charge in [-0.15, -0.1) is 23.1 Å². The molecule has 0 bridgehead atoms. The average Bonchev–Trinajstić information content (AvgIpc) is 3.11. The number of aliphatic carboxylic acids is 1. The van der Waals surface area contributed by atoms with Crippen molar-refractivity contribution < 1.29 is 32.3 Å². The molecule has 0 saturated carbocycles. The van der Waals surface area contributed by atoms with E-state index < -0.39 is 57.0 Å². The zero-order chi connectivity index (χ0) is 21.7. The summed E-state index contributed by atoms with van der Waals surface area (Å²) in [6, 6.07) is 5.25. The number of carboxylic acids is 1. The van der Waals surface area contributed by atoms with Crippen LogP contribution in [0, 0.1) is 30.2 Å². The first-order valence-corrected chi connectivity index (χ1v) is 10.3. The molecular weight excluding hydrogens is 444 g/mol. The molecule has 156 valence electrons. The first kappa shape index (κ1) is 20.6. The highest BCUT2D eigenvalue weighted by molar-refractivity contribution is 8.01. The standard InChI is InChI=1S/C19H12F4N2O3S2/c1-7-2-3-8-9(4-7)29-10(5-12(26)27)19(28)25(8)6-11-24-17-15(22)13(20)14(21)16(23)18(17)30-11/h2-4,10H,5-6H2,1H3,(H,26,27). The van der Waals surface area contributed by atoms with Crippen molar-refractivity contribution in [3.63, 3.8) is 0 Å². The van der Waals surface area contributed by atoms with Gasteiger partial charge >= 0.3 is 5.97 Å². The molecule has 0 spiro atoms. The van der Waals surface area contributed by atoms with Gasteiger partial charge in [-0.1, -0.05) is 6.07 Å². The highest BCUT2D eigenvalue weighted by Crippen LogP contribution is 2.42. The van der Waals surface area contributed by atoms with Crippen LogP contribution >= 0.6 is 23.1 Å². The number of carbonyl (C=O) groups excluding carboxylic acids is 1. The van der Waals surface area contributed by atoms with Crippen molar-refractivity contribution in [1.29, 1.82) is 0 Å². The minimum Gasteiger partial charge on any atom is -0.481 e. The van der Waals surface area contributed by atoms with Crippen LogP contribution in [0.1, 0.15) is 17.0 Å². The summed E-state index contributed by atoms with van der Waals surface area (Å²) in [5.41, 5.74) is 0.742. The number of thioether (sulfide) groups is 1. The quantitative estimate of drug-likeness (QED) is 0.352. The summed E-state index contributed by atoms with van der Waals surface area (Å²) < 4.78 is 54.6. The van der Waals surface area contributed by atoms with Gasteiger partial charge < -0.3 is 10.0 Å². The van der Waals surface area contributed by atoms with E-state index in [4.69, 9.17) is 5.11 Å². The van der Waals surface area contributed by atoms with Crippen LogP contribution in [0.2, 0.25) is 0 Å². The molecule has 30 heavy (non-hydrogen) atoms. The number of halogens is 4. The lowest BCUT2D eigenvalue weighted by atomic mass is 10.1. The van der Waals surface area contributed by atoms with Crippen LogP contribution in [0.4, 0.5) is 23.2 Å². The average molecular weight is 456 g/mol. The third-order valence-corrected chi connectivity index (χ3v) is 6.79. The van der Waals surface area contributed by atoms with Crippen molar-refractivity contribution in [2.75, 3.05) is 4.90 Å². The van der Waals surface area contributed by atoms with E-state index in [-0.39, 0.29) is 11.6 Å². The van der Waals surface area contributed by atoms with Gasteiger partial charge in [-0.25, -0.2) is 22.5 Å². The molecule has 1 aliphatic heterocycles. The predicted molar refractivity (Wildman–Crippen MR) is 104 cm³/mol. The van der Waals surface area contributed by atoms with Gasteiger partial charge in [0.25, 0.3) is 0 Å². The van der Waals surface area contributed by atoms with Crippen LogP contribution in [-0.2, 0) is 16.1 Å². The lowest BCUT2D eigenvalue weighted by Gasteiger charge is -2.33. The van der Waals surface area contributed by atoms with Crippen LogP contribution in [-0.4, -0.2) is 27.2 Å². The Labute approximate surface area is 175 Å². The zero-order valence-corrected chi connectivity index (χ0v) is 16.8. The van der Waals surface area contributed by atoms with Gasteiger partial charge in [-0.3, -0.25) is 9.59 Å². The third-order valence-electron chi connectivity index (χ3n) is 4.53. The van der Waals surface area contributed by atoms with Crippen LogP contribution in [0.15, 0.2) is 23.1 Å². The number of carbonyl (C=O) groups is 2. The fourth-order valence-corrected chi connectivity index (χ4v) is 5.44. The number of aromatic nitrogens is 1. The molecule has 11 heteroatoms. The number of rotatable bonds is 4. The summed E-state index contributed by atoms with van der Waals surface area (Å²) in [4.78, 5) is 29.9. The van der Waals surface area contributed by atoms with Crippen molar-refractivity contribution in [3.05, 3.63) is 52.0 Å². The number of thiazole rings is 1. The molecule has 1 aromatic heterocycles. The van der Waals surface area contributed by atoms with Gasteiger partial charge in [0, 0.05) is 4.90 Å². The Kier molecular flexibility index (Phi) is 5.18. The molecule has 1 N–H and O–H groups in total. The van der Waals surface area contributed by atoms with Crippen molar-refractivity contribution in [3.8, 4) is 0 Å². The molecule has 5 nitrogen and oxygen atoms in total. The number of hydrogen-bond donors (Lipinski definition) is 1. The van der Waals surface area contributed by atoms with E-state index in [1.165, 1.54) is 4.90 Å². The van der Waals surface area contributed by atoms with E-state index in [2.05, 4.69) is 4.98 Å². The van der Waals surface area contributed by atoms with Gasteiger partial charge in [-0.05, 0) is 24.6 Å². The topological polar surface area (TPSA) is 70.5 Å². The summed E-state index contributed by atoms with van der Waals surface area (Å²) in [5, 5.41) is 8.28. The van der Waals surface area contributed by atoms with Crippen LogP contribution in [0.3, 0.4) is 0 Å². The van der Waals surface area contributed by atoms with E-state index in [1.54, 1.807) is 18.2 Å². The summed E-state index contributed by atoms with van der Waals surface area (Å²) >= 11 is 1.73. The zero-order valence-electron chi connectivity index (χ0n) is 15.2. The Morgan fingerprint density at radius 2 is 1.87 bits per heavy atom. The number of benzene rings is 2. The second-order valence-electron chi connectivity index (χ2n) is 6.64. The lowest BCUT2D eigenvalue weighted by Crippen LogP contribution is -2.41. The minimum absolute atomic E-state index is 0.0497. The lowest BCUT2D eigenvalue weighted by molar-refractivity contribution is -0.138. The van der Waals surface area contributed by atoms with E-state index in [9.17, 15) is 27.2 Å². The Morgan fingerprint density at radius 1 is 1.17 bits per heavy atom. The first-order valence-electron chi connectivity index (χ1n) is 8.59. The summed E-state index contributed by atoms with van der Waals surface area (Å²) in [6.45, 7) is 1.61. The third kappa shape index (κ3) is 3.41. The molecule has 3 aromatic rings. The summed E-state index contributed by atoms with van der Waals surface area (Å²) in [7, 11) is 0. The van der Waals surface area contributed by atoms with Crippen molar-refractivity contribution in [2.45, 2.75) is 30.0 Å². The van der Waals surface area contributed by atoms with Crippen molar-refractivity contribution >= 4 is 50.9 Å². The van der Waals surface area contributed by atoms with Crippen molar-refractivity contribution in [1.82, 2.24) is 4.98 Å². The smallest absolute Gasteiger partial charge is 0.305 e. The van der Waals surface area contributed by atoms with Gasteiger partial charge in [0.15, 0.2) is 23.3 Å².